The summed E-state index contributed by atoms with van der Waals surface area (Å²) in [5.41, 5.74) is 4.08. The van der Waals surface area contributed by atoms with E-state index in [-0.39, 0.29) is 12.0 Å². The molecule has 2 fully saturated rings. The Bertz CT molecular complexity index is 1030. The summed E-state index contributed by atoms with van der Waals surface area (Å²) >= 11 is 2.36. The first-order chi connectivity index (χ1) is 14.5. The Morgan fingerprint density at radius 3 is 2.63 bits per heavy atom. The van der Waals surface area contributed by atoms with Crippen LogP contribution in [0, 0.1) is 29.3 Å². The van der Waals surface area contributed by atoms with Crippen LogP contribution in [-0.2, 0) is 9.53 Å². The van der Waals surface area contributed by atoms with Crippen LogP contribution in [0.4, 0.5) is 11.5 Å². The van der Waals surface area contributed by atoms with E-state index in [9.17, 15) is 4.79 Å². The minimum atomic E-state index is -0.271. The standard InChI is InChI=1S/C24H25IN2O3/c1-4-5-23(28)27(22-11-15(2)21(25)12-20(22)17-6-7-17)24-16(3)10-19(13-26-24)30-14-18-8-9-29-18/h10-13,17-18H,6-9,14H2,1-3H3/t18-/m0/s1. The molecule has 1 aliphatic carbocycles. The molecule has 1 amide bonds. The first kappa shape index (κ1) is 21.1. The van der Waals surface area contributed by atoms with Crippen LogP contribution >= 0.6 is 22.6 Å². The number of aryl methyl sites for hydroxylation is 2. The van der Waals surface area contributed by atoms with E-state index in [1.54, 1.807) is 18.0 Å². The highest BCUT2D eigenvalue weighted by molar-refractivity contribution is 14.1. The van der Waals surface area contributed by atoms with Gasteiger partial charge in [-0.25, -0.2) is 4.98 Å². The van der Waals surface area contributed by atoms with Gasteiger partial charge < -0.3 is 9.47 Å². The molecule has 5 nitrogen and oxygen atoms in total. The van der Waals surface area contributed by atoms with Gasteiger partial charge in [0.1, 0.15) is 18.2 Å². The van der Waals surface area contributed by atoms with E-state index >= 15 is 0 Å². The number of amides is 1. The van der Waals surface area contributed by atoms with Crippen molar-refractivity contribution in [2.24, 2.45) is 0 Å². The molecule has 4 rings (SSSR count). The molecular weight excluding hydrogens is 491 g/mol. The number of benzene rings is 1. The molecule has 1 saturated carbocycles. The summed E-state index contributed by atoms with van der Waals surface area (Å²) in [7, 11) is 0. The van der Waals surface area contributed by atoms with Crippen molar-refractivity contribution >= 4 is 40.0 Å². The topological polar surface area (TPSA) is 51.7 Å². The number of carbonyl (C=O) groups is 1. The molecule has 0 radical (unpaired) electrons. The number of hydrogen-bond donors (Lipinski definition) is 0. The third-order valence-electron chi connectivity index (χ3n) is 5.47. The monoisotopic (exact) mass is 516 g/mol. The zero-order valence-electron chi connectivity index (χ0n) is 17.5. The lowest BCUT2D eigenvalue weighted by Crippen LogP contribution is -2.32. The molecular formula is C24H25IN2O3. The van der Waals surface area contributed by atoms with Gasteiger partial charge in [-0.3, -0.25) is 9.69 Å². The normalized spacial score (nSPS) is 17.5. The van der Waals surface area contributed by atoms with E-state index in [0.717, 1.165) is 42.7 Å². The van der Waals surface area contributed by atoms with Crippen molar-refractivity contribution in [3.05, 3.63) is 44.7 Å². The number of rotatable bonds is 6. The minimum absolute atomic E-state index is 0.166. The smallest absolute Gasteiger partial charge is 0.308 e. The summed E-state index contributed by atoms with van der Waals surface area (Å²) < 4.78 is 12.4. The highest BCUT2D eigenvalue weighted by Crippen LogP contribution is 2.47. The Labute approximate surface area is 191 Å². The fraction of sp³-hybridized carbons (Fsp3) is 0.417. The van der Waals surface area contributed by atoms with Crippen LogP contribution in [0.15, 0.2) is 24.4 Å². The number of halogens is 1. The van der Waals surface area contributed by atoms with Crippen molar-refractivity contribution in [1.82, 2.24) is 4.98 Å². The van der Waals surface area contributed by atoms with Gasteiger partial charge in [-0.05, 0) is 103 Å². The zero-order chi connectivity index (χ0) is 21.3. The predicted molar refractivity (Wildman–Crippen MR) is 125 cm³/mol. The van der Waals surface area contributed by atoms with Gasteiger partial charge in [0.15, 0.2) is 0 Å². The van der Waals surface area contributed by atoms with Crippen LogP contribution in [0.25, 0.3) is 0 Å². The maximum atomic E-state index is 13.1. The Morgan fingerprint density at radius 2 is 2.03 bits per heavy atom. The lowest BCUT2D eigenvalue weighted by Gasteiger charge is -2.27. The third kappa shape index (κ3) is 4.47. The lowest BCUT2D eigenvalue weighted by molar-refractivity contribution is -0.112. The Hall–Kier alpha value is -2.11. The van der Waals surface area contributed by atoms with Gasteiger partial charge in [0, 0.05) is 16.6 Å². The van der Waals surface area contributed by atoms with Crippen molar-refractivity contribution in [3.8, 4) is 17.6 Å². The SMILES string of the molecule is CC#CC(=O)N(c1cc(C)c(I)cc1C1CC1)c1ncc(OC[C@@H]2CCO2)cc1C. The van der Waals surface area contributed by atoms with Gasteiger partial charge in [-0.15, -0.1) is 0 Å². The fourth-order valence-corrected chi connectivity index (χ4v) is 4.03. The van der Waals surface area contributed by atoms with E-state index in [4.69, 9.17) is 9.47 Å². The maximum absolute atomic E-state index is 13.1. The molecule has 0 bridgehead atoms. The van der Waals surface area contributed by atoms with E-state index in [1.165, 1.54) is 9.13 Å². The van der Waals surface area contributed by atoms with Crippen molar-refractivity contribution in [1.29, 1.82) is 0 Å². The molecule has 156 valence electrons. The molecule has 0 N–H and O–H groups in total. The van der Waals surface area contributed by atoms with Gasteiger partial charge in [0.05, 0.1) is 18.0 Å². The van der Waals surface area contributed by atoms with Crippen molar-refractivity contribution in [3.63, 3.8) is 0 Å². The Balaban J connectivity index is 1.72. The van der Waals surface area contributed by atoms with Crippen LogP contribution in [0.1, 0.15) is 48.8 Å². The molecule has 0 unspecified atom stereocenters. The predicted octanol–water partition coefficient (Wildman–Crippen LogP) is 5.04. The quantitative estimate of drug-likeness (QED) is 0.399. The molecule has 1 aliphatic heterocycles. The number of hydrogen-bond acceptors (Lipinski definition) is 4. The van der Waals surface area contributed by atoms with E-state index in [0.29, 0.717) is 24.1 Å². The number of ether oxygens (including phenoxy) is 2. The lowest BCUT2D eigenvalue weighted by atomic mass is 10.0. The third-order valence-corrected chi connectivity index (χ3v) is 6.63. The molecule has 6 heteroatoms. The molecule has 1 aromatic heterocycles. The van der Waals surface area contributed by atoms with Crippen molar-refractivity contribution < 1.29 is 14.3 Å². The van der Waals surface area contributed by atoms with Gasteiger partial charge in [0.25, 0.3) is 0 Å². The summed E-state index contributed by atoms with van der Waals surface area (Å²) in [6.07, 6.45) is 5.17. The number of carbonyl (C=O) groups excluding carboxylic acids is 1. The first-order valence-corrected chi connectivity index (χ1v) is 11.3. The summed E-state index contributed by atoms with van der Waals surface area (Å²) in [5, 5.41) is 0. The van der Waals surface area contributed by atoms with Crippen LogP contribution in [0.3, 0.4) is 0 Å². The summed E-state index contributed by atoms with van der Waals surface area (Å²) in [6.45, 7) is 7.02. The second-order valence-corrected chi connectivity index (χ2v) is 9.02. The Kier molecular flexibility index (Phi) is 6.30. The number of anilines is 2. The van der Waals surface area contributed by atoms with Crippen LogP contribution in [-0.4, -0.2) is 30.2 Å². The molecule has 0 spiro atoms. The number of aromatic nitrogens is 1. The Morgan fingerprint density at radius 1 is 1.27 bits per heavy atom. The largest absolute Gasteiger partial charge is 0.489 e. The van der Waals surface area contributed by atoms with E-state index in [2.05, 4.69) is 58.5 Å². The number of nitrogens with zero attached hydrogens (tertiary/aromatic N) is 2. The van der Waals surface area contributed by atoms with Crippen LogP contribution < -0.4 is 9.64 Å². The van der Waals surface area contributed by atoms with Crippen molar-refractivity contribution in [2.75, 3.05) is 18.1 Å². The molecule has 2 aromatic rings. The second kappa shape index (κ2) is 8.94. The van der Waals surface area contributed by atoms with Gasteiger partial charge in [-0.2, -0.15) is 0 Å². The van der Waals surface area contributed by atoms with Crippen LogP contribution in [0.5, 0.6) is 5.75 Å². The molecule has 1 saturated heterocycles. The van der Waals surface area contributed by atoms with E-state index < -0.39 is 0 Å². The summed E-state index contributed by atoms with van der Waals surface area (Å²) in [5.74, 6) is 6.95. The molecule has 1 aromatic carbocycles. The molecule has 2 heterocycles. The van der Waals surface area contributed by atoms with Crippen molar-refractivity contribution in [2.45, 2.75) is 52.1 Å². The van der Waals surface area contributed by atoms with Gasteiger partial charge in [-0.1, -0.05) is 5.92 Å². The van der Waals surface area contributed by atoms with Gasteiger partial charge >= 0.3 is 5.91 Å². The zero-order valence-corrected chi connectivity index (χ0v) is 19.7. The summed E-state index contributed by atoms with van der Waals surface area (Å²) in [4.78, 5) is 19.4. The highest BCUT2D eigenvalue weighted by atomic mass is 127. The fourth-order valence-electron chi connectivity index (χ4n) is 3.54. The molecule has 1 atom stereocenters. The van der Waals surface area contributed by atoms with E-state index in [1.807, 2.05) is 13.0 Å². The first-order valence-electron chi connectivity index (χ1n) is 10.3. The maximum Gasteiger partial charge on any atom is 0.308 e. The highest BCUT2D eigenvalue weighted by Gasteiger charge is 2.31. The second-order valence-electron chi connectivity index (χ2n) is 7.85. The van der Waals surface area contributed by atoms with Gasteiger partial charge in [0.2, 0.25) is 0 Å². The molecule has 30 heavy (non-hydrogen) atoms. The number of pyridine rings is 1. The van der Waals surface area contributed by atoms with Crippen LogP contribution in [0.2, 0.25) is 0 Å². The minimum Gasteiger partial charge on any atom is -0.489 e. The molecule has 2 aliphatic rings. The summed E-state index contributed by atoms with van der Waals surface area (Å²) in [6, 6.07) is 6.22. The average molecular weight is 516 g/mol. The average Bonchev–Trinajstić information content (AvgIpc) is 3.50.